The van der Waals surface area contributed by atoms with Gasteiger partial charge in [-0.3, -0.25) is 4.79 Å². The van der Waals surface area contributed by atoms with E-state index >= 15 is 0 Å². The third-order valence-corrected chi connectivity index (χ3v) is 3.69. The average molecular weight is 346 g/mol. The molecule has 1 atom stereocenters. The lowest BCUT2D eigenvalue weighted by atomic mass is 10.1. The Morgan fingerprint density at radius 2 is 1.88 bits per heavy atom. The van der Waals surface area contributed by atoms with Crippen molar-refractivity contribution >= 4 is 17.5 Å². The number of methoxy groups -OCH3 is 2. The fourth-order valence-electron chi connectivity index (χ4n) is 2.24. The molecule has 0 aliphatic carbocycles. The third-order valence-electron chi connectivity index (χ3n) is 3.69. The van der Waals surface area contributed by atoms with Gasteiger partial charge in [0.05, 0.1) is 14.2 Å². The molecule has 0 fully saturated rings. The number of aromatic nitrogens is 2. The molecule has 134 valence electrons. The van der Waals surface area contributed by atoms with Gasteiger partial charge >= 0.3 is 0 Å². The standard InChI is InChI=1S/C17H22N4O4/c1-9(22)10(2)25-14-7-11(6-13(23-3)15(14)24-4)5-12-8-20-17(19)21-16(12)18/h6-8,10H,5H2,1-4H3,(H4,18,19,20,21). The number of nitrogen functional groups attached to an aromatic ring is 2. The van der Waals surface area contributed by atoms with Crippen LogP contribution in [0.3, 0.4) is 0 Å². The minimum Gasteiger partial charge on any atom is -0.493 e. The molecule has 1 unspecified atom stereocenters. The molecule has 1 aromatic carbocycles. The minimum absolute atomic E-state index is 0.0948. The monoisotopic (exact) mass is 346 g/mol. The lowest BCUT2D eigenvalue weighted by molar-refractivity contribution is -0.122. The molecule has 0 saturated carbocycles. The maximum absolute atomic E-state index is 11.5. The van der Waals surface area contributed by atoms with Gasteiger partial charge in [0.25, 0.3) is 0 Å². The second-order valence-electron chi connectivity index (χ2n) is 5.52. The smallest absolute Gasteiger partial charge is 0.221 e. The van der Waals surface area contributed by atoms with Crippen molar-refractivity contribution < 1.29 is 19.0 Å². The first-order chi connectivity index (χ1) is 11.8. The van der Waals surface area contributed by atoms with Crippen LogP contribution in [0, 0.1) is 0 Å². The van der Waals surface area contributed by atoms with Gasteiger partial charge in [0.1, 0.15) is 5.82 Å². The van der Waals surface area contributed by atoms with Crippen LogP contribution in [0.4, 0.5) is 11.8 Å². The van der Waals surface area contributed by atoms with Crippen molar-refractivity contribution in [1.29, 1.82) is 0 Å². The van der Waals surface area contributed by atoms with Crippen LogP contribution in [0.25, 0.3) is 0 Å². The second kappa shape index (κ2) is 7.69. The number of ketones is 1. The van der Waals surface area contributed by atoms with Gasteiger partial charge in [-0.15, -0.1) is 0 Å². The van der Waals surface area contributed by atoms with E-state index in [0.29, 0.717) is 35.1 Å². The van der Waals surface area contributed by atoms with Crippen molar-refractivity contribution in [3.63, 3.8) is 0 Å². The van der Waals surface area contributed by atoms with Crippen LogP contribution in [-0.2, 0) is 11.2 Å². The van der Waals surface area contributed by atoms with Gasteiger partial charge in [0.2, 0.25) is 11.7 Å². The zero-order chi connectivity index (χ0) is 18.6. The Balaban J connectivity index is 2.42. The highest BCUT2D eigenvalue weighted by atomic mass is 16.5. The molecule has 0 spiro atoms. The Hall–Kier alpha value is -3.03. The summed E-state index contributed by atoms with van der Waals surface area (Å²) in [5.74, 6) is 1.65. The van der Waals surface area contributed by atoms with Gasteiger partial charge in [-0.05, 0) is 31.5 Å². The van der Waals surface area contributed by atoms with E-state index in [1.807, 2.05) is 0 Å². The topological polar surface area (TPSA) is 123 Å². The van der Waals surface area contributed by atoms with Crippen LogP contribution < -0.4 is 25.7 Å². The van der Waals surface area contributed by atoms with Crippen LogP contribution >= 0.6 is 0 Å². The van der Waals surface area contributed by atoms with Crippen LogP contribution in [0.5, 0.6) is 17.2 Å². The Bertz CT molecular complexity index is 779. The molecule has 2 aromatic rings. The average Bonchev–Trinajstić information content (AvgIpc) is 2.56. The fraction of sp³-hybridized carbons (Fsp3) is 0.353. The highest BCUT2D eigenvalue weighted by molar-refractivity contribution is 5.80. The number of benzene rings is 1. The summed E-state index contributed by atoms with van der Waals surface area (Å²) in [6.45, 7) is 3.14. The molecule has 2 rings (SSSR count). The number of nitrogens with zero attached hydrogens (tertiary/aromatic N) is 2. The summed E-state index contributed by atoms with van der Waals surface area (Å²) in [5.41, 5.74) is 13.0. The predicted octanol–water partition coefficient (Wildman–Crippen LogP) is 1.61. The Morgan fingerprint density at radius 3 is 2.44 bits per heavy atom. The molecule has 25 heavy (non-hydrogen) atoms. The third kappa shape index (κ3) is 4.28. The van der Waals surface area contributed by atoms with Gasteiger partial charge in [-0.25, -0.2) is 4.98 Å². The molecule has 0 radical (unpaired) electrons. The predicted molar refractivity (Wildman–Crippen MR) is 94.0 cm³/mol. The quantitative estimate of drug-likeness (QED) is 0.775. The van der Waals surface area contributed by atoms with Gasteiger partial charge in [0, 0.05) is 18.2 Å². The number of hydrogen-bond acceptors (Lipinski definition) is 8. The highest BCUT2D eigenvalue weighted by Crippen LogP contribution is 2.39. The van der Waals surface area contributed by atoms with Gasteiger partial charge in [-0.2, -0.15) is 4.98 Å². The van der Waals surface area contributed by atoms with Crippen molar-refractivity contribution in [3.8, 4) is 17.2 Å². The van der Waals surface area contributed by atoms with Crippen molar-refractivity contribution in [3.05, 3.63) is 29.5 Å². The van der Waals surface area contributed by atoms with Crippen LogP contribution in [0.1, 0.15) is 25.0 Å². The summed E-state index contributed by atoms with van der Waals surface area (Å²) in [6, 6.07) is 3.58. The molecule has 0 aliphatic rings. The summed E-state index contributed by atoms with van der Waals surface area (Å²) >= 11 is 0. The van der Waals surface area contributed by atoms with Gasteiger partial charge < -0.3 is 25.7 Å². The molecule has 0 aliphatic heterocycles. The lowest BCUT2D eigenvalue weighted by Gasteiger charge is -2.18. The summed E-state index contributed by atoms with van der Waals surface area (Å²) in [5, 5.41) is 0. The molecular formula is C17H22N4O4. The summed E-state index contributed by atoms with van der Waals surface area (Å²) in [6.07, 6.45) is 1.41. The van der Waals surface area contributed by atoms with Crippen molar-refractivity contribution in [2.24, 2.45) is 0 Å². The number of rotatable bonds is 7. The lowest BCUT2D eigenvalue weighted by Crippen LogP contribution is -2.21. The second-order valence-corrected chi connectivity index (χ2v) is 5.52. The van der Waals surface area contributed by atoms with E-state index in [4.69, 9.17) is 25.7 Å². The minimum atomic E-state index is -0.612. The number of anilines is 2. The zero-order valence-corrected chi connectivity index (χ0v) is 14.7. The van der Waals surface area contributed by atoms with Crippen molar-refractivity contribution in [1.82, 2.24) is 9.97 Å². The summed E-state index contributed by atoms with van der Waals surface area (Å²) in [7, 11) is 3.04. The number of hydrogen-bond donors (Lipinski definition) is 2. The maximum atomic E-state index is 11.5. The first-order valence-corrected chi connectivity index (χ1v) is 7.64. The maximum Gasteiger partial charge on any atom is 0.221 e. The van der Waals surface area contributed by atoms with E-state index in [2.05, 4.69) is 9.97 Å². The number of Topliss-reactive ketones (excluding diaryl/α,β-unsaturated/α-hetero) is 1. The summed E-state index contributed by atoms with van der Waals surface area (Å²) in [4.78, 5) is 19.4. The van der Waals surface area contributed by atoms with E-state index in [0.717, 1.165) is 5.56 Å². The highest BCUT2D eigenvalue weighted by Gasteiger charge is 2.18. The molecular weight excluding hydrogens is 324 g/mol. The van der Waals surface area contributed by atoms with E-state index < -0.39 is 6.10 Å². The Kier molecular flexibility index (Phi) is 5.63. The van der Waals surface area contributed by atoms with Crippen LogP contribution in [-0.4, -0.2) is 36.1 Å². The van der Waals surface area contributed by atoms with E-state index in [1.165, 1.54) is 21.1 Å². The molecule has 1 aromatic heterocycles. The van der Waals surface area contributed by atoms with E-state index in [-0.39, 0.29) is 11.7 Å². The van der Waals surface area contributed by atoms with E-state index in [1.54, 1.807) is 25.3 Å². The SMILES string of the molecule is COc1cc(Cc2cnc(N)nc2N)cc(OC(C)C(C)=O)c1OC. The Morgan fingerprint density at radius 1 is 1.20 bits per heavy atom. The van der Waals surface area contributed by atoms with Crippen molar-refractivity contribution in [2.45, 2.75) is 26.4 Å². The first kappa shape index (κ1) is 18.3. The first-order valence-electron chi connectivity index (χ1n) is 7.64. The van der Waals surface area contributed by atoms with Crippen LogP contribution in [0.2, 0.25) is 0 Å². The largest absolute Gasteiger partial charge is 0.493 e. The number of ether oxygens (including phenoxy) is 3. The Labute approximate surface area is 146 Å². The molecule has 0 bridgehead atoms. The molecule has 0 saturated heterocycles. The number of nitrogens with two attached hydrogens (primary N) is 2. The molecule has 8 heteroatoms. The van der Waals surface area contributed by atoms with Gasteiger partial charge in [-0.1, -0.05) is 0 Å². The number of carbonyl (C=O) groups is 1. The molecule has 0 amide bonds. The molecule has 4 N–H and O–H groups in total. The molecule has 8 nitrogen and oxygen atoms in total. The van der Waals surface area contributed by atoms with E-state index in [9.17, 15) is 4.79 Å². The zero-order valence-electron chi connectivity index (χ0n) is 14.7. The fourth-order valence-corrected chi connectivity index (χ4v) is 2.24. The normalized spacial score (nSPS) is 11.7. The summed E-state index contributed by atoms with van der Waals surface area (Å²) < 4.78 is 16.5. The van der Waals surface area contributed by atoms with Crippen LogP contribution in [0.15, 0.2) is 18.3 Å². The number of carbonyl (C=O) groups excluding carboxylic acids is 1. The van der Waals surface area contributed by atoms with Gasteiger partial charge in [0.15, 0.2) is 23.4 Å². The molecule has 1 heterocycles. The van der Waals surface area contributed by atoms with Crippen molar-refractivity contribution in [2.75, 3.05) is 25.7 Å².